The number of aliphatic hydroxyl groups is 2. The molecule has 9 rings (SSSR count). The van der Waals surface area contributed by atoms with Crippen molar-refractivity contribution < 1.29 is 81.9 Å². The predicted molar refractivity (Wildman–Crippen MR) is 325 cm³/mol. The second-order valence-electron chi connectivity index (χ2n) is 24.9. The van der Waals surface area contributed by atoms with Crippen LogP contribution >= 0.6 is 0 Å². The molecule has 0 saturated carbocycles. The molecule has 2 aliphatic rings. The molecular formula is C66H78F12N8O8. The third-order valence-corrected chi connectivity index (χ3v) is 16.8. The van der Waals surface area contributed by atoms with Gasteiger partial charge in [0.05, 0.1) is 81.0 Å². The largest absolute Gasteiger partial charge is 0.445 e. The van der Waals surface area contributed by atoms with E-state index in [9.17, 15) is 77.3 Å². The number of nitrogens with one attached hydrogen (secondary N) is 3. The van der Waals surface area contributed by atoms with E-state index in [1.807, 2.05) is 30.3 Å². The Morgan fingerprint density at radius 1 is 0.553 bits per heavy atom. The molecule has 0 radical (unpaired) electrons. The number of carbonyl (C=O) groups excluding carboxylic acids is 1. The zero-order valence-electron chi connectivity index (χ0n) is 50.8. The number of amides is 1. The molecule has 2 aromatic heterocycles. The first kappa shape index (κ1) is 75.2. The Balaban J connectivity index is 0.000000298. The molecule has 0 bridgehead atoms. The average Bonchev–Trinajstić information content (AvgIpc) is 1.01. The summed E-state index contributed by atoms with van der Waals surface area (Å²) in [4.78, 5) is 41.3. The second kappa shape index (κ2) is 28.7. The van der Waals surface area contributed by atoms with E-state index in [0.717, 1.165) is 5.56 Å². The number of hydrogen-bond donors (Lipinski definition) is 5. The lowest BCUT2D eigenvalue weighted by Gasteiger charge is -2.54. The summed E-state index contributed by atoms with van der Waals surface area (Å²) in [6.07, 6.45) is -19.4. The highest BCUT2D eigenvalue weighted by Crippen LogP contribution is 2.49. The van der Waals surface area contributed by atoms with Gasteiger partial charge in [0.1, 0.15) is 19.3 Å². The number of carbonyl (C=O) groups is 1. The maximum absolute atomic E-state index is 14.3. The Labute approximate surface area is 535 Å². The summed E-state index contributed by atoms with van der Waals surface area (Å²) in [5.41, 5.74) is -12.3. The molecule has 2 saturated heterocycles. The molecule has 2 aliphatic heterocycles. The van der Waals surface area contributed by atoms with Gasteiger partial charge in [0, 0.05) is 25.9 Å². The van der Waals surface area contributed by atoms with Crippen LogP contribution in [0.4, 0.5) is 57.5 Å². The number of alkyl halides is 12. The molecule has 2 fully saturated rings. The Bertz CT molecular complexity index is 3660. The highest BCUT2D eigenvalue weighted by Gasteiger charge is 2.55. The number of H-pyrrole nitrogens is 2. The van der Waals surface area contributed by atoms with E-state index in [4.69, 9.17) is 14.2 Å². The normalized spacial score (nSPS) is 21.2. The van der Waals surface area contributed by atoms with Gasteiger partial charge in [-0.25, -0.2) is 24.6 Å². The number of benzene rings is 5. The van der Waals surface area contributed by atoms with Gasteiger partial charge in [-0.15, -0.1) is 0 Å². The third-order valence-electron chi connectivity index (χ3n) is 16.8. The van der Waals surface area contributed by atoms with Crippen LogP contribution in [0.3, 0.4) is 0 Å². The van der Waals surface area contributed by atoms with Gasteiger partial charge >= 0.3 is 42.2 Å². The number of aromatic nitrogens is 6. The van der Waals surface area contributed by atoms with E-state index < -0.39 is 110 Å². The number of nitrogens with zero attached hydrogens (tertiary/aromatic N) is 5. The minimum atomic E-state index is -5.06. The second-order valence-corrected chi connectivity index (χ2v) is 24.9. The molecule has 0 aliphatic carbocycles. The molecule has 6 atom stereocenters. The molecule has 1 amide bonds. The molecular weight excluding hydrogens is 1260 g/mol. The Morgan fingerprint density at radius 3 is 1.34 bits per heavy atom. The van der Waals surface area contributed by atoms with Crippen molar-refractivity contribution in [2.45, 2.75) is 172 Å². The van der Waals surface area contributed by atoms with Crippen molar-refractivity contribution in [3.63, 3.8) is 0 Å². The van der Waals surface area contributed by atoms with Crippen LogP contribution in [0.2, 0.25) is 0 Å². The van der Waals surface area contributed by atoms with Gasteiger partial charge < -0.3 is 29.7 Å². The lowest BCUT2D eigenvalue weighted by Crippen LogP contribution is -2.64. The topological polar surface area (TPSA) is 202 Å². The summed E-state index contributed by atoms with van der Waals surface area (Å²) in [6, 6.07) is 29.3. The number of rotatable bonds is 18. The maximum Gasteiger partial charge on any atom is 0.416 e. The quantitative estimate of drug-likeness (QED) is 0.0512. The van der Waals surface area contributed by atoms with Crippen LogP contribution in [0.1, 0.15) is 157 Å². The van der Waals surface area contributed by atoms with Crippen molar-refractivity contribution in [1.29, 1.82) is 0 Å². The van der Waals surface area contributed by atoms with Gasteiger partial charge in [-0.3, -0.25) is 14.0 Å². The zero-order valence-corrected chi connectivity index (χ0v) is 50.8. The van der Waals surface area contributed by atoms with Gasteiger partial charge in [0.2, 0.25) is 0 Å². The van der Waals surface area contributed by atoms with Gasteiger partial charge in [-0.1, -0.05) is 106 Å². The molecule has 0 unspecified atom stereocenters. The van der Waals surface area contributed by atoms with Gasteiger partial charge in [-0.2, -0.15) is 62.9 Å². The van der Waals surface area contributed by atoms with Gasteiger partial charge in [-0.05, 0) is 131 Å². The molecule has 4 heterocycles. The number of likely N-dealkylation sites (tertiary alicyclic amines) is 1. The van der Waals surface area contributed by atoms with Crippen LogP contribution < -0.4 is 16.7 Å². The first-order valence-corrected chi connectivity index (χ1v) is 29.1. The van der Waals surface area contributed by atoms with Crippen molar-refractivity contribution in [2.75, 3.05) is 26.3 Å². The van der Waals surface area contributed by atoms with Crippen LogP contribution in [0, 0.1) is 0 Å². The van der Waals surface area contributed by atoms with Crippen LogP contribution in [-0.4, -0.2) is 88.2 Å². The number of hydrogen-bond acceptors (Lipinski definition) is 11. The van der Waals surface area contributed by atoms with E-state index in [1.165, 1.54) is 40.5 Å². The summed E-state index contributed by atoms with van der Waals surface area (Å²) < 4.78 is 184. The average molecular weight is 1340 g/mol. The molecule has 514 valence electrons. The van der Waals surface area contributed by atoms with Crippen LogP contribution in [0.15, 0.2) is 150 Å². The monoisotopic (exact) mass is 1340 g/mol. The molecule has 5 aromatic carbocycles. The first-order valence-electron chi connectivity index (χ1n) is 29.1. The summed E-state index contributed by atoms with van der Waals surface area (Å²) in [7, 11) is 0. The van der Waals surface area contributed by atoms with E-state index in [2.05, 4.69) is 25.7 Å². The fourth-order valence-corrected chi connectivity index (χ4v) is 12.4. The van der Waals surface area contributed by atoms with E-state index in [0.29, 0.717) is 48.2 Å². The number of aromatic amines is 2. The van der Waals surface area contributed by atoms with E-state index in [-0.39, 0.29) is 96.7 Å². The highest BCUT2D eigenvalue weighted by molar-refractivity contribution is 5.70. The molecule has 7 aromatic rings. The van der Waals surface area contributed by atoms with Crippen molar-refractivity contribution in [3.05, 3.63) is 211 Å². The summed E-state index contributed by atoms with van der Waals surface area (Å²) in [5, 5.41) is 37.6. The Kier molecular flexibility index (Phi) is 22.9. The van der Waals surface area contributed by atoms with Crippen molar-refractivity contribution in [2.24, 2.45) is 0 Å². The molecule has 0 spiro atoms. The van der Waals surface area contributed by atoms with Crippen molar-refractivity contribution >= 4 is 6.09 Å². The molecule has 94 heavy (non-hydrogen) atoms. The number of piperidine rings is 2. The highest BCUT2D eigenvalue weighted by atomic mass is 19.4. The first-order chi connectivity index (χ1) is 42.8. The van der Waals surface area contributed by atoms with Crippen LogP contribution in [-0.2, 0) is 67.7 Å². The maximum atomic E-state index is 14.3. The summed E-state index contributed by atoms with van der Waals surface area (Å²) in [5.74, 6) is 0. The van der Waals surface area contributed by atoms with Gasteiger partial charge in [0.25, 0.3) is 0 Å². The molecule has 28 heteroatoms. The lowest BCUT2D eigenvalue weighted by molar-refractivity contribution is -0.145. The van der Waals surface area contributed by atoms with E-state index in [1.54, 1.807) is 88.4 Å². The standard InChI is InChI=1S/C36H38F6N4O5.C28H32F6N4O3.2CH4/c1-24(26-16-28(35(37,38)39)18-29(17-26)36(40,41)42)51-22-34(27-12-8-5-9-13-27)15-14-33(20-32(2,3)49,46-23-43-44-30(46)47)21-45(34)31(48)50-19-25-10-6-4-7-11-25;1-18(19-11-21(27(29,30)31)13-22(12-19)28(32,33)34)41-16-26(20-7-5-4-6-8-20)10-9-25(15-35-26,14-24(2,3)40)38-17-36-37-23(38)39;;/h4-13,16-18,23-24,49H,14-15,19-22H2,1-3H3,(H,44,47);4-8,11-13,17-18,35,40H,9-10,14-16H2,1-3H3,(H,37,39);2*1H4/t24-,33-,34-;18-,25-,26-;;/m11../s1. The lowest BCUT2D eigenvalue weighted by atomic mass is 9.71. The minimum absolute atomic E-state index is 0. The summed E-state index contributed by atoms with van der Waals surface area (Å²) >= 11 is 0. The smallest absolute Gasteiger partial charge is 0.416 e. The fraction of sp³-hybridized carbons (Fsp3) is 0.470. The zero-order chi connectivity index (χ0) is 67.5. The van der Waals surface area contributed by atoms with Gasteiger partial charge in [0.15, 0.2) is 0 Å². The Morgan fingerprint density at radius 2 is 0.947 bits per heavy atom. The SMILES string of the molecule is C.C.C[C@@H](OC[C@@]1(c2ccccc2)CC[C@](CC(C)(C)O)(n2cn[nH]c2=O)CN1)c1cc(C(F)(F)F)cc(C(F)(F)F)c1.C[C@@H](OC[C@@]1(c2ccccc2)CC[C@](CC(C)(C)O)(n2cn[nH]c2=O)CN1C(=O)OCc1ccccc1)c1cc(C(F)(F)F)cc(C(F)(F)F)c1. The number of ether oxygens (including phenoxy) is 3. The van der Waals surface area contributed by atoms with Crippen molar-refractivity contribution in [3.8, 4) is 0 Å². The fourth-order valence-electron chi connectivity index (χ4n) is 12.4. The third kappa shape index (κ3) is 17.8. The number of halogens is 12. The van der Waals surface area contributed by atoms with Crippen LogP contribution in [0.5, 0.6) is 0 Å². The summed E-state index contributed by atoms with van der Waals surface area (Å²) in [6.45, 7) is 8.51. The molecule has 5 N–H and O–H groups in total. The molecule has 16 nitrogen and oxygen atoms in total. The van der Waals surface area contributed by atoms with Crippen LogP contribution in [0.25, 0.3) is 0 Å². The minimum Gasteiger partial charge on any atom is -0.445 e. The predicted octanol–water partition coefficient (Wildman–Crippen LogP) is 14.4. The Hall–Kier alpha value is -7.79. The van der Waals surface area contributed by atoms with Crippen molar-refractivity contribution in [1.82, 2.24) is 39.7 Å². The van der Waals surface area contributed by atoms with E-state index >= 15 is 0 Å².